The lowest BCUT2D eigenvalue weighted by Gasteiger charge is -2.18. The van der Waals surface area contributed by atoms with Crippen molar-refractivity contribution in [2.45, 2.75) is 113 Å². The van der Waals surface area contributed by atoms with E-state index in [-0.39, 0.29) is 0 Å². The van der Waals surface area contributed by atoms with Gasteiger partial charge >= 0.3 is 0 Å². The second-order valence-corrected chi connectivity index (χ2v) is 12.4. The van der Waals surface area contributed by atoms with Crippen LogP contribution < -0.4 is 4.74 Å². The lowest BCUT2D eigenvalue weighted by molar-refractivity contribution is 0.309. The van der Waals surface area contributed by atoms with Crippen LogP contribution in [-0.2, 0) is 0 Å². The zero-order valence-corrected chi connectivity index (χ0v) is 27.3. The molecule has 0 unspecified atom stereocenters. The Kier molecular flexibility index (Phi) is 11.5. The van der Waals surface area contributed by atoms with Crippen LogP contribution in [0.4, 0.5) is 11.4 Å². The second-order valence-electron chi connectivity index (χ2n) is 12.4. The highest BCUT2D eigenvalue weighted by atomic mass is 16.5. The van der Waals surface area contributed by atoms with E-state index in [1.807, 2.05) is 12.1 Å². The summed E-state index contributed by atoms with van der Waals surface area (Å²) >= 11 is 0. The van der Waals surface area contributed by atoms with Crippen molar-refractivity contribution in [1.82, 2.24) is 4.98 Å². The van der Waals surface area contributed by atoms with Crippen LogP contribution in [0.25, 0.3) is 0 Å². The molecular weight excluding hydrogens is 502 g/mol. The smallest absolute Gasteiger partial charge is 0.123 e. The third kappa shape index (κ3) is 8.15. The highest BCUT2D eigenvalue weighted by Crippen LogP contribution is 2.37. The lowest BCUT2D eigenvalue weighted by Crippen LogP contribution is -2.09. The summed E-state index contributed by atoms with van der Waals surface area (Å²) in [5.74, 6) is 2.30. The molecule has 0 aliphatic heterocycles. The standard InChI is InChI=1S/C37H51N3O/c1-12-13-20-41-29-21-34(27(10)38-36-30(23(2)3)16-14-17-31(36)24(4)5)40-35(22-29)28(11)39-37-32(25(6)7)18-15-19-33(37)26(8)9/h14-19,21-26H,12-13,20H2,1-11H3. The molecule has 220 valence electrons. The Morgan fingerprint density at radius 2 is 1.02 bits per heavy atom. The fraction of sp³-hybridized carbons (Fsp3) is 0.486. The van der Waals surface area contributed by atoms with E-state index in [1.54, 1.807) is 0 Å². The van der Waals surface area contributed by atoms with Gasteiger partial charge in [-0.2, -0.15) is 0 Å². The summed E-state index contributed by atoms with van der Waals surface area (Å²) in [6.45, 7) is 24.8. The monoisotopic (exact) mass is 553 g/mol. The molecule has 3 aromatic rings. The molecule has 0 saturated heterocycles. The Bertz CT molecular complexity index is 1230. The fourth-order valence-corrected chi connectivity index (χ4v) is 5.03. The first-order chi connectivity index (χ1) is 19.4. The van der Waals surface area contributed by atoms with Crippen molar-refractivity contribution in [1.29, 1.82) is 0 Å². The molecule has 0 N–H and O–H groups in total. The molecule has 0 atom stereocenters. The van der Waals surface area contributed by atoms with E-state index >= 15 is 0 Å². The number of pyridine rings is 1. The summed E-state index contributed by atoms with van der Waals surface area (Å²) in [5, 5.41) is 0. The van der Waals surface area contributed by atoms with Crippen LogP contribution in [0.15, 0.2) is 58.5 Å². The van der Waals surface area contributed by atoms with E-state index < -0.39 is 0 Å². The average molecular weight is 554 g/mol. The first-order valence-corrected chi connectivity index (χ1v) is 15.5. The highest BCUT2D eigenvalue weighted by Gasteiger charge is 2.17. The van der Waals surface area contributed by atoms with Gasteiger partial charge in [-0.3, -0.25) is 9.98 Å². The van der Waals surface area contributed by atoms with Crippen LogP contribution in [0.2, 0.25) is 0 Å². The molecule has 0 spiro atoms. The summed E-state index contributed by atoms with van der Waals surface area (Å²) in [6, 6.07) is 17.1. The first kappa shape index (κ1) is 32.2. The first-order valence-electron chi connectivity index (χ1n) is 15.5. The van der Waals surface area contributed by atoms with Crippen LogP contribution in [0.1, 0.15) is 146 Å². The maximum Gasteiger partial charge on any atom is 0.123 e. The average Bonchev–Trinajstić information content (AvgIpc) is 2.92. The number of aliphatic imine (C=N–C) groups is 2. The Labute approximate surface area is 249 Å². The minimum absolute atomic E-state index is 0.373. The van der Waals surface area contributed by atoms with Crippen molar-refractivity contribution in [3.8, 4) is 5.75 Å². The predicted octanol–water partition coefficient (Wildman–Crippen LogP) is 11.0. The van der Waals surface area contributed by atoms with Gasteiger partial charge in [0.1, 0.15) is 5.75 Å². The number of benzene rings is 2. The van der Waals surface area contributed by atoms with E-state index in [9.17, 15) is 0 Å². The third-order valence-corrected chi connectivity index (χ3v) is 7.55. The Balaban J connectivity index is 2.20. The largest absolute Gasteiger partial charge is 0.493 e. The summed E-state index contributed by atoms with van der Waals surface area (Å²) in [4.78, 5) is 15.6. The number of unbranched alkanes of at least 4 members (excludes halogenated alkanes) is 1. The van der Waals surface area contributed by atoms with Gasteiger partial charge in [0.05, 0.1) is 40.8 Å². The molecule has 0 fully saturated rings. The van der Waals surface area contributed by atoms with E-state index in [0.29, 0.717) is 30.3 Å². The third-order valence-electron chi connectivity index (χ3n) is 7.55. The van der Waals surface area contributed by atoms with Crippen molar-refractivity contribution < 1.29 is 4.74 Å². The minimum Gasteiger partial charge on any atom is -0.493 e. The minimum atomic E-state index is 0.373. The van der Waals surface area contributed by atoms with Gasteiger partial charge in [0.2, 0.25) is 0 Å². The number of nitrogens with zero attached hydrogens (tertiary/aromatic N) is 3. The molecule has 41 heavy (non-hydrogen) atoms. The number of hydrogen-bond acceptors (Lipinski definition) is 4. The van der Waals surface area contributed by atoms with Crippen molar-refractivity contribution in [2.75, 3.05) is 6.61 Å². The molecule has 0 saturated carbocycles. The van der Waals surface area contributed by atoms with Crippen molar-refractivity contribution in [2.24, 2.45) is 9.98 Å². The zero-order valence-electron chi connectivity index (χ0n) is 27.3. The van der Waals surface area contributed by atoms with Gasteiger partial charge in [0.25, 0.3) is 0 Å². The summed E-state index contributed by atoms with van der Waals surface area (Å²) in [7, 11) is 0. The maximum atomic E-state index is 6.23. The SMILES string of the molecule is CCCCOc1cc(C(C)=Nc2c(C(C)C)cccc2C(C)C)nc(C(C)=Nc2c(C(C)C)cccc2C(C)C)c1. The molecular formula is C37H51N3O. The predicted molar refractivity (Wildman–Crippen MR) is 178 cm³/mol. The van der Waals surface area contributed by atoms with Crippen molar-refractivity contribution in [3.05, 3.63) is 82.2 Å². The van der Waals surface area contributed by atoms with E-state index in [2.05, 4.69) is 113 Å². The van der Waals surface area contributed by atoms with Crippen LogP contribution in [0.5, 0.6) is 5.75 Å². The Morgan fingerprint density at radius 3 is 1.34 bits per heavy atom. The van der Waals surface area contributed by atoms with Crippen LogP contribution >= 0.6 is 0 Å². The topological polar surface area (TPSA) is 46.8 Å². The molecule has 1 heterocycles. The van der Waals surface area contributed by atoms with Gasteiger partial charge in [0.15, 0.2) is 0 Å². The molecule has 4 nitrogen and oxygen atoms in total. The second kappa shape index (κ2) is 14.6. The molecule has 0 radical (unpaired) electrons. The van der Waals surface area contributed by atoms with Crippen molar-refractivity contribution in [3.63, 3.8) is 0 Å². The molecule has 0 aliphatic rings. The summed E-state index contributed by atoms with van der Waals surface area (Å²) in [6.07, 6.45) is 2.09. The number of para-hydroxylation sites is 2. The highest BCUT2D eigenvalue weighted by molar-refractivity contribution is 6.03. The molecule has 0 bridgehead atoms. The number of hydrogen-bond donors (Lipinski definition) is 0. The summed E-state index contributed by atoms with van der Waals surface area (Å²) < 4.78 is 6.23. The van der Waals surface area contributed by atoms with Crippen LogP contribution in [-0.4, -0.2) is 23.0 Å². The van der Waals surface area contributed by atoms with E-state index in [4.69, 9.17) is 19.7 Å². The Morgan fingerprint density at radius 1 is 0.659 bits per heavy atom. The van der Waals surface area contributed by atoms with Gasteiger partial charge in [-0.15, -0.1) is 0 Å². The fourth-order valence-electron chi connectivity index (χ4n) is 5.03. The van der Waals surface area contributed by atoms with Gasteiger partial charge in [-0.25, -0.2) is 4.98 Å². The van der Waals surface area contributed by atoms with E-state index in [0.717, 1.165) is 52.8 Å². The van der Waals surface area contributed by atoms with Gasteiger partial charge in [-0.1, -0.05) is 105 Å². The number of rotatable bonds is 12. The number of aromatic nitrogens is 1. The van der Waals surface area contributed by atoms with Gasteiger partial charge in [0, 0.05) is 12.1 Å². The molecule has 4 heteroatoms. The molecule has 2 aromatic carbocycles. The zero-order chi connectivity index (χ0) is 30.3. The van der Waals surface area contributed by atoms with Crippen LogP contribution in [0.3, 0.4) is 0 Å². The van der Waals surface area contributed by atoms with Crippen LogP contribution in [0, 0.1) is 0 Å². The normalized spacial score (nSPS) is 12.8. The molecule has 0 aliphatic carbocycles. The quantitative estimate of drug-likeness (QED) is 0.165. The van der Waals surface area contributed by atoms with Crippen molar-refractivity contribution >= 4 is 22.8 Å². The Hall–Kier alpha value is -3.27. The maximum absolute atomic E-state index is 6.23. The van der Waals surface area contributed by atoms with E-state index in [1.165, 1.54) is 22.3 Å². The van der Waals surface area contributed by atoms with Gasteiger partial charge < -0.3 is 4.74 Å². The number of ether oxygens (including phenoxy) is 1. The molecule has 0 amide bonds. The summed E-state index contributed by atoms with van der Waals surface area (Å²) in [5.41, 5.74) is 10.6. The lowest BCUT2D eigenvalue weighted by atomic mass is 9.93. The molecule has 3 rings (SSSR count). The van der Waals surface area contributed by atoms with Gasteiger partial charge in [-0.05, 0) is 66.2 Å². The molecule has 1 aromatic heterocycles.